The number of fused-ring (bicyclic) bond motifs is 1. The lowest BCUT2D eigenvalue weighted by Gasteiger charge is -2.28. The molecule has 0 fully saturated rings. The number of likely N-dealkylation sites (N-methyl/N-ethyl adjacent to an activating group) is 1. The molecule has 17 nitrogen and oxygen atoms in total. The van der Waals surface area contributed by atoms with Crippen molar-refractivity contribution in [3.05, 3.63) is 81.6 Å². The maximum absolute atomic E-state index is 13.6. The number of alkyl halides is 2. The monoisotopic (exact) mass is 1030 g/mol. The average Bonchev–Trinajstić information content (AvgIpc) is 3.21. The maximum atomic E-state index is 13.6. The van der Waals surface area contributed by atoms with Gasteiger partial charge in [-0.25, -0.2) is 32.5 Å². The van der Waals surface area contributed by atoms with Crippen molar-refractivity contribution < 1.29 is 51.7 Å². The summed E-state index contributed by atoms with van der Waals surface area (Å²) >= 11 is 5.95. The van der Waals surface area contributed by atoms with Gasteiger partial charge in [0.1, 0.15) is 29.4 Å². The number of carbonyl (C=O) groups is 4. The number of nitrogens with one attached hydrogen (secondary N) is 4. The highest BCUT2D eigenvalue weighted by molar-refractivity contribution is 7.59. The standard InChI is InChI=1S/C25H26ClF3N4O3.C9H18N4O2.C9H19NO3.3H2S/c1-33(23(34)10-9-16-7-4-8-20(27)24(16)26)19(13-30-14-21(28)29)15-36-25(35)32-22-11-17-5-2-3-6-18(17)12-31-22;1-5-7(6-11-13-10)12-8(14)15-9(2,3)4;1-5-7(6-11)10-8(12)13-9(2,3)4;;;/h2-8,11-12,19,21,30H,9-10,13-15H2,1H3,(H,31,32,35);7H,5-6H2,1-4H3,(H,12,14);7,11H,5-6H2,1-4H3,(H,10,12);3*1H2/t19-;2*7-;;;/m011.../s1. The minimum Gasteiger partial charge on any atom is -0.447 e. The van der Waals surface area contributed by atoms with Gasteiger partial charge in [0.2, 0.25) is 5.91 Å². The summed E-state index contributed by atoms with van der Waals surface area (Å²) in [5, 5.41) is 24.2. The van der Waals surface area contributed by atoms with E-state index in [1.54, 1.807) is 59.9 Å². The van der Waals surface area contributed by atoms with Crippen molar-refractivity contribution in [2.24, 2.45) is 5.11 Å². The molecule has 3 atom stereocenters. The van der Waals surface area contributed by atoms with Crippen LogP contribution in [0.25, 0.3) is 21.2 Å². The molecule has 24 heteroatoms. The van der Waals surface area contributed by atoms with Gasteiger partial charge in [-0.2, -0.15) is 40.5 Å². The number of amides is 4. The normalized spacial score (nSPS) is 11.9. The number of alkyl carbamates (subject to hydrolysis) is 2. The van der Waals surface area contributed by atoms with Crippen molar-refractivity contribution in [2.75, 3.05) is 45.2 Å². The van der Waals surface area contributed by atoms with Crippen LogP contribution in [0.5, 0.6) is 0 Å². The number of ether oxygens (including phenoxy) is 3. The lowest BCUT2D eigenvalue weighted by atomic mass is 10.1. The molecule has 0 unspecified atom stereocenters. The number of pyridine rings is 1. The first kappa shape index (κ1) is 66.8. The molecule has 0 aliphatic heterocycles. The van der Waals surface area contributed by atoms with Crippen LogP contribution in [0.4, 0.5) is 33.4 Å². The van der Waals surface area contributed by atoms with Crippen molar-refractivity contribution in [3.8, 4) is 0 Å². The third-order valence-electron chi connectivity index (χ3n) is 8.54. The van der Waals surface area contributed by atoms with E-state index >= 15 is 0 Å². The molecule has 1 aromatic heterocycles. The molecular formula is C43H69ClF3N9O8S3. The maximum Gasteiger partial charge on any atom is 0.412 e. The van der Waals surface area contributed by atoms with Gasteiger partial charge in [-0.15, -0.1) is 0 Å². The molecule has 3 aromatic rings. The number of aromatic nitrogens is 1. The predicted octanol–water partition coefficient (Wildman–Crippen LogP) is 9.11. The third kappa shape index (κ3) is 29.8. The number of azide groups is 1. The van der Waals surface area contributed by atoms with Gasteiger partial charge >= 0.3 is 18.3 Å². The Kier molecular flexibility index (Phi) is 34.6. The topological polar surface area (TPSA) is 229 Å². The van der Waals surface area contributed by atoms with Gasteiger partial charge < -0.3 is 40.2 Å². The van der Waals surface area contributed by atoms with Crippen molar-refractivity contribution in [1.82, 2.24) is 25.8 Å². The number of rotatable bonds is 18. The van der Waals surface area contributed by atoms with E-state index in [2.05, 4.69) is 36.3 Å². The van der Waals surface area contributed by atoms with Crippen molar-refractivity contribution >= 4 is 92.9 Å². The molecule has 5 N–H and O–H groups in total. The van der Waals surface area contributed by atoms with Crippen molar-refractivity contribution in [3.63, 3.8) is 0 Å². The number of anilines is 1. The van der Waals surface area contributed by atoms with Crippen LogP contribution in [-0.2, 0) is 25.4 Å². The van der Waals surface area contributed by atoms with Crippen LogP contribution < -0.4 is 21.3 Å². The van der Waals surface area contributed by atoms with Gasteiger partial charge in [-0.1, -0.05) is 67.0 Å². The predicted molar refractivity (Wildman–Crippen MR) is 271 cm³/mol. The van der Waals surface area contributed by atoms with E-state index in [0.717, 1.165) is 10.8 Å². The lowest BCUT2D eigenvalue weighted by molar-refractivity contribution is -0.132. The molecule has 4 amide bonds. The molecule has 0 saturated carbocycles. The van der Waals surface area contributed by atoms with Gasteiger partial charge in [-0.05, 0) is 89.4 Å². The van der Waals surface area contributed by atoms with Gasteiger partial charge in [0.25, 0.3) is 6.43 Å². The van der Waals surface area contributed by atoms with E-state index in [1.807, 2.05) is 38.1 Å². The van der Waals surface area contributed by atoms with Gasteiger partial charge in [0.05, 0.1) is 30.3 Å². The molecule has 3 rings (SSSR count). The van der Waals surface area contributed by atoms with Crippen LogP contribution in [-0.4, -0.2) is 115 Å². The van der Waals surface area contributed by atoms with E-state index in [0.29, 0.717) is 18.4 Å². The molecule has 0 aliphatic rings. The smallest absolute Gasteiger partial charge is 0.412 e. The Balaban J connectivity index is -0.00000110. The minimum atomic E-state index is -2.58. The van der Waals surface area contributed by atoms with E-state index in [4.69, 9.17) is 36.4 Å². The minimum absolute atomic E-state index is 0. The molecule has 380 valence electrons. The molecule has 0 bridgehead atoms. The van der Waals surface area contributed by atoms with E-state index in [-0.39, 0.29) is 108 Å². The first-order valence-electron chi connectivity index (χ1n) is 20.6. The molecule has 0 saturated heterocycles. The van der Waals surface area contributed by atoms with E-state index in [9.17, 15) is 32.3 Å². The highest BCUT2D eigenvalue weighted by Crippen LogP contribution is 2.21. The Morgan fingerprint density at radius 3 is 1.97 bits per heavy atom. The largest absolute Gasteiger partial charge is 0.447 e. The number of halogens is 4. The van der Waals surface area contributed by atoms with E-state index < -0.39 is 54.3 Å². The Labute approximate surface area is 417 Å². The summed E-state index contributed by atoms with van der Waals surface area (Å²) in [5.41, 5.74) is 7.62. The summed E-state index contributed by atoms with van der Waals surface area (Å²) in [6.45, 7) is 13.9. The zero-order valence-corrected chi connectivity index (χ0v) is 43.2. The number of aliphatic hydroxyl groups excluding tert-OH is 1. The summed E-state index contributed by atoms with van der Waals surface area (Å²) in [5.74, 6) is -0.647. The summed E-state index contributed by atoms with van der Waals surface area (Å²) in [6.07, 6.45) is -1.16. The average molecular weight is 1030 g/mol. The zero-order chi connectivity index (χ0) is 48.5. The number of benzene rings is 2. The zero-order valence-electron chi connectivity index (χ0n) is 39.4. The van der Waals surface area contributed by atoms with Crippen LogP contribution >= 0.6 is 52.1 Å². The summed E-state index contributed by atoms with van der Waals surface area (Å²) in [6, 6.07) is 12.4. The highest BCUT2D eigenvalue weighted by atomic mass is 35.5. The van der Waals surface area contributed by atoms with Crippen LogP contribution in [0, 0.1) is 5.82 Å². The Morgan fingerprint density at radius 2 is 1.45 bits per heavy atom. The fourth-order valence-corrected chi connectivity index (χ4v) is 5.35. The molecule has 0 aliphatic carbocycles. The first-order valence-corrected chi connectivity index (χ1v) is 21.0. The van der Waals surface area contributed by atoms with Crippen LogP contribution in [0.3, 0.4) is 0 Å². The molecule has 0 spiro atoms. The van der Waals surface area contributed by atoms with Gasteiger partial charge in [-0.3, -0.25) is 10.1 Å². The molecule has 67 heavy (non-hydrogen) atoms. The lowest BCUT2D eigenvalue weighted by Crippen LogP contribution is -2.47. The number of aryl methyl sites for hydroxylation is 1. The number of nitrogens with zero attached hydrogens (tertiary/aromatic N) is 5. The number of aliphatic hydroxyl groups is 1. The van der Waals surface area contributed by atoms with E-state index in [1.165, 1.54) is 24.1 Å². The second-order valence-corrected chi connectivity index (χ2v) is 16.5. The number of hydrogen-bond donors (Lipinski definition) is 5. The van der Waals surface area contributed by atoms with Crippen molar-refractivity contribution in [2.45, 2.75) is 117 Å². The second-order valence-electron chi connectivity index (χ2n) is 16.2. The fourth-order valence-electron chi connectivity index (χ4n) is 5.13. The Morgan fingerprint density at radius 1 is 0.881 bits per heavy atom. The summed E-state index contributed by atoms with van der Waals surface area (Å²) < 4.78 is 54.2. The van der Waals surface area contributed by atoms with Crippen molar-refractivity contribution in [1.29, 1.82) is 0 Å². The Bertz CT molecular complexity index is 1980. The van der Waals surface area contributed by atoms with Crippen LogP contribution in [0.15, 0.2) is 59.8 Å². The quantitative estimate of drug-likeness (QED) is 0.0351. The van der Waals surface area contributed by atoms with Gasteiger partial charge in [0, 0.05) is 49.1 Å². The third-order valence-corrected chi connectivity index (χ3v) is 8.96. The number of hydrogen-bond acceptors (Lipinski definition) is 11. The second kappa shape index (κ2) is 34.7. The molecule has 0 radical (unpaired) electrons. The molecular weight excluding hydrogens is 959 g/mol. The summed E-state index contributed by atoms with van der Waals surface area (Å²) in [4.78, 5) is 55.7. The number of carbonyl (C=O) groups excluding carboxylic acids is 4. The highest BCUT2D eigenvalue weighted by Gasteiger charge is 2.23. The Hall–Kier alpha value is -4.51. The summed E-state index contributed by atoms with van der Waals surface area (Å²) in [7, 11) is 1.48. The first-order chi connectivity index (χ1) is 30.0. The molecule has 2 aromatic carbocycles. The van der Waals surface area contributed by atoms with Gasteiger partial charge in [0.15, 0.2) is 0 Å². The van der Waals surface area contributed by atoms with Crippen LogP contribution in [0.2, 0.25) is 5.02 Å². The molecule has 1 heterocycles. The van der Waals surface area contributed by atoms with Crippen LogP contribution in [0.1, 0.15) is 80.2 Å². The fraction of sp³-hybridized carbons (Fsp3) is 0.558. The SMILES string of the molecule is CC[C@H](CN=[N+]=[N-])NC(=O)OC(C)(C)C.CC[C@H](CO)NC(=O)OC(C)(C)C.CN(C(=O)CCc1cccc(F)c1Cl)[C@@H](CNCC(F)F)COC(=O)Nc1cc2ccccc2cn1.S.S.S.